The molecule has 1 fully saturated rings. The Balaban J connectivity index is 1.72. The second-order valence-electron chi connectivity index (χ2n) is 7.67. The molecule has 1 aliphatic carbocycles. The summed E-state index contributed by atoms with van der Waals surface area (Å²) < 4.78 is 6.23. The molecular weight excluding hydrogens is 358 g/mol. The second-order valence-corrected chi connectivity index (χ2v) is 7.67. The van der Waals surface area contributed by atoms with E-state index >= 15 is 0 Å². The molecule has 1 amide bonds. The van der Waals surface area contributed by atoms with Gasteiger partial charge in [-0.3, -0.25) is 9.69 Å². The summed E-state index contributed by atoms with van der Waals surface area (Å²) in [6, 6.07) is 5.71. The molecule has 5 rings (SSSR count). The number of guanidine groups is 1. The van der Waals surface area contributed by atoms with E-state index < -0.39 is 11.6 Å². The lowest BCUT2D eigenvalue weighted by Crippen LogP contribution is -2.55. The van der Waals surface area contributed by atoms with Crippen LogP contribution in [0.3, 0.4) is 0 Å². The third-order valence-electron chi connectivity index (χ3n) is 6.13. The number of carbonyl (C=O) groups excluding carboxylic acids is 1. The minimum atomic E-state index is -1.12. The number of hydrogen-bond donors (Lipinski definition) is 2. The van der Waals surface area contributed by atoms with Gasteiger partial charge >= 0.3 is 0 Å². The first-order valence-corrected chi connectivity index (χ1v) is 9.39. The second kappa shape index (κ2) is 6.00. The van der Waals surface area contributed by atoms with Crippen LogP contribution < -0.4 is 10.5 Å². The highest BCUT2D eigenvalue weighted by Crippen LogP contribution is 2.53. The largest absolute Gasteiger partial charge is 0.490 e. The van der Waals surface area contributed by atoms with Gasteiger partial charge in [0.15, 0.2) is 11.5 Å². The van der Waals surface area contributed by atoms with E-state index in [4.69, 9.17) is 15.5 Å². The summed E-state index contributed by atoms with van der Waals surface area (Å²) in [5, 5.41) is 10.1. The van der Waals surface area contributed by atoms with E-state index in [-0.39, 0.29) is 23.9 Å². The minimum Gasteiger partial charge on any atom is -0.490 e. The number of ether oxygens (including phenoxy) is 1. The van der Waals surface area contributed by atoms with Crippen LogP contribution in [0.25, 0.3) is 11.1 Å². The highest BCUT2D eigenvalue weighted by molar-refractivity contribution is 6.07. The molecule has 3 N–H and O–H groups in total. The number of aliphatic hydroxyl groups excluding tert-OH is 1. The number of nitrogens with zero attached hydrogens (tertiary/aromatic N) is 4. The predicted octanol–water partition coefficient (Wildman–Crippen LogP) is 1.05. The Hall–Kier alpha value is -3.00. The Morgan fingerprint density at radius 2 is 2.04 bits per heavy atom. The van der Waals surface area contributed by atoms with Crippen molar-refractivity contribution in [2.24, 2.45) is 16.6 Å². The summed E-state index contributed by atoms with van der Waals surface area (Å²) in [4.78, 5) is 27.7. The zero-order valence-corrected chi connectivity index (χ0v) is 15.4. The zero-order chi connectivity index (χ0) is 19.5. The van der Waals surface area contributed by atoms with Gasteiger partial charge in [0.1, 0.15) is 18.2 Å². The van der Waals surface area contributed by atoms with Crippen molar-refractivity contribution in [2.45, 2.75) is 37.0 Å². The molecule has 0 radical (unpaired) electrons. The molecule has 1 spiro atoms. The molecule has 1 saturated carbocycles. The van der Waals surface area contributed by atoms with E-state index in [2.05, 4.69) is 9.97 Å². The van der Waals surface area contributed by atoms with E-state index in [1.165, 1.54) is 11.2 Å². The highest BCUT2D eigenvalue weighted by atomic mass is 16.5. The summed E-state index contributed by atoms with van der Waals surface area (Å²) in [7, 11) is 1.65. The lowest BCUT2D eigenvalue weighted by Gasteiger charge is -2.46. The van der Waals surface area contributed by atoms with E-state index in [0.717, 1.165) is 11.1 Å². The molecule has 2 aliphatic heterocycles. The molecule has 3 heterocycles. The number of amides is 1. The first-order chi connectivity index (χ1) is 13.5. The Morgan fingerprint density at radius 3 is 2.75 bits per heavy atom. The summed E-state index contributed by atoms with van der Waals surface area (Å²) in [5.41, 5.74) is 7.39. The molecular formula is C20H21N5O3. The average Bonchev–Trinajstić information content (AvgIpc) is 2.93. The van der Waals surface area contributed by atoms with Crippen molar-refractivity contribution in [2.75, 3.05) is 7.05 Å². The van der Waals surface area contributed by atoms with Crippen LogP contribution in [0, 0.1) is 5.92 Å². The number of rotatable bonds is 1. The Morgan fingerprint density at radius 1 is 1.25 bits per heavy atom. The number of nitrogens with two attached hydrogens (primary N) is 1. The van der Waals surface area contributed by atoms with Crippen molar-refractivity contribution in [3.8, 4) is 16.9 Å². The quantitative estimate of drug-likeness (QED) is 0.765. The molecule has 1 aromatic carbocycles. The third-order valence-corrected chi connectivity index (χ3v) is 6.13. The van der Waals surface area contributed by atoms with Gasteiger partial charge in [0.2, 0.25) is 0 Å². The van der Waals surface area contributed by atoms with Crippen LogP contribution in [0.2, 0.25) is 0 Å². The summed E-state index contributed by atoms with van der Waals surface area (Å²) in [6.07, 6.45) is 5.94. The topological polar surface area (TPSA) is 114 Å². The first kappa shape index (κ1) is 17.1. The van der Waals surface area contributed by atoms with Crippen LogP contribution in [0.4, 0.5) is 0 Å². The van der Waals surface area contributed by atoms with Crippen LogP contribution in [-0.4, -0.2) is 51.1 Å². The molecule has 2 aromatic rings. The molecule has 8 nitrogen and oxygen atoms in total. The lowest BCUT2D eigenvalue weighted by molar-refractivity contribution is -0.138. The normalized spacial score (nSPS) is 31.2. The van der Waals surface area contributed by atoms with Crippen molar-refractivity contribution < 1.29 is 14.6 Å². The number of fused-ring (bicyclic) bond motifs is 4. The van der Waals surface area contributed by atoms with Gasteiger partial charge in [0, 0.05) is 42.9 Å². The molecule has 28 heavy (non-hydrogen) atoms. The molecule has 144 valence electrons. The Labute approximate surface area is 162 Å². The summed E-state index contributed by atoms with van der Waals surface area (Å²) in [6.45, 7) is 0. The van der Waals surface area contributed by atoms with Crippen LogP contribution in [0.1, 0.15) is 24.8 Å². The summed E-state index contributed by atoms with van der Waals surface area (Å²) in [5.74, 6) is 0.483. The highest BCUT2D eigenvalue weighted by Gasteiger charge is 2.60. The molecule has 0 bridgehead atoms. The van der Waals surface area contributed by atoms with Crippen molar-refractivity contribution in [3.05, 3.63) is 42.5 Å². The maximum absolute atomic E-state index is 13.4. The zero-order valence-electron chi connectivity index (χ0n) is 15.4. The van der Waals surface area contributed by atoms with Gasteiger partial charge in [0.05, 0.1) is 6.10 Å². The molecule has 8 heteroatoms. The average molecular weight is 379 g/mol. The maximum Gasteiger partial charge on any atom is 0.262 e. The van der Waals surface area contributed by atoms with Crippen molar-refractivity contribution in [1.82, 2.24) is 14.9 Å². The van der Waals surface area contributed by atoms with Gasteiger partial charge in [-0.05, 0) is 30.5 Å². The summed E-state index contributed by atoms with van der Waals surface area (Å²) >= 11 is 0. The predicted molar refractivity (Wildman–Crippen MR) is 101 cm³/mol. The van der Waals surface area contributed by atoms with Gasteiger partial charge in [-0.15, -0.1) is 0 Å². The van der Waals surface area contributed by atoms with Gasteiger partial charge in [0.25, 0.3) is 5.91 Å². The van der Waals surface area contributed by atoms with Crippen molar-refractivity contribution >= 4 is 11.9 Å². The number of aromatic nitrogens is 2. The maximum atomic E-state index is 13.4. The van der Waals surface area contributed by atoms with Gasteiger partial charge in [-0.25, -0.2) is 15.0 Å². The van der Waals surface area contributed by atoms with Gasteiger partial charge in [-0.1, -0.05) is 6.07 Å². The fraction of sp³-hybridized carbons (Fsp3) is 0.400. The number of benzene rings is 1. The van der Waals surface area contributed by atoms with Crippen LogP contribution in [-0.2, 0) is 10.3 Å². The fourth-order valence-corrected chi connectivity index (χ4v) is 4.72. The van der Waals surface area contributed by atoms with Gasteiger partial charge in [-0.2, -0.15) is 0 Å². The standard InChI is InChI=1S/C20H21N5O3/c1-25-18(27)20(24-19(25)21)14-4-3-13(26)7-17(14)28-16-5-2-11(6-15(16)20)12-8-22-10-23-9-12/h2,5-6,8-10,13-14,17,26H,3-4,7H2,1H3,(H2,21,24). The van der Waals surface area contributed by atoms with Crippen LogP contribution >= 0.6 is 0 Å². The number of aliphatic imine (C=N–C) groups is 1. The van der Waals surface area contributed by atoms with Crippen LogP contribution in [0.5, 0.6) is 5.75 Å². The van der Waals surface area contributed by atoms with E-state index in [9.17, 15) is 9.90 Å². The number of likely N-dealkylation sites (N-methyl/N-ethyl adjacent to an activating group) is 1. The molecule has 0 saturated heterocycles. The number of hydrogen-bond acceptors (Lipinski definition) is 7. The third kappa shape index (κ3) is 2.27. The minimum absolute atomic E-state index is 0.151. The SMILES string of the molecule is CN1C(=O)C2(N=C1N)c1cc(-c3cncnc3)ccc1OC1CC(O)CCC12. The first-order valence-electron chi connectivity index (χ1n) is 9.39. The molecule has 1 aromatic heterocycles. The Bertz CT molecular complexity index is 979. The Kier molecular flexibility index (Phi) is 3.67. The number of aliphatic hydroxyl groups is 1. The van der Waals surface area contributed by atoms with Crippen molar-refractivity contribution in [1.29, 1.82) is 0 Å². The van der Waals surface area contributed by atoms with E-state index in [1.807, 2.05) is 18.2 Å². The van der Waals surface area contributed by atoms with E-state index in [1.54, 1.807) is 19.4 Å². The number of carbonyl (C=O) groups is 1. The monoisotopic (exact) mass is 379 g/mol. The lowest BCUT2D eigenvalue weighted by atomic mass is 9.67. The molecule has 4 atom stereocenters. The van der Waals surface area contributed by atoms with Gasteiger partial charge < -0.3 is 15.6 Å². The molecule has 3 aliphatic rings. The fourth-order valence-electron chi connectivity index (χ4n) is 4.72. The molecule has 4 unspecified atom stereocenters. The van der Waals surface area contributed by atoms with Crippen molar-refractivity contribution in [3.63, 3.8) is 0 Å². The van der Waals surface area contributed by atoms with E-state index in [0.29, 0.717) is 30.6 Å². The smallest absolute Gasteiger partial charge is 0.262 e. The van der Waals surface area contributed by atoms with Crippen LogP contribution in [0.15, 0.2) is 41.9 Å².